The minimum absolute atomic E-state index is 0.0330. The quantitative estimate of drug-likeness (QED) is 0.817. The van der Waals surface area contributed by atoms with Gasteiger partial charge in [0.2, 0.25) is 0 Å². The summed E-state index contributed by atoms with van der Waals surface area (Å²) in [5.74, 6) is 2.47. The van der Waals surface area contributed by atoms with Gasteiger partial charge >= 0.3 is 113 Å². The minimum atomic E-state index is -0.922. The van der Waals surface area contributed by atoms with E-state index in [1.165, 1.54) is 22.3 Å². The summed E-state index contributed by atoms with van der Waals surface area (Å²) in [4.78, 5) is 11.1. The average molecular weight is 330 g/mol. The van der Waals surface area contributed by atoms with E-state index >= 15 is 0 Å². The zero-order valence-electron chi connectivity index (χ0n) is 9.39. The average Bonchev–Trinajstić information content (AvgIpc) is 2.40. The molecule has 0 saturated carbocycles. The van der Waals surface area contributed by atoms with Crippen LogP contribution in [0.2, 0.25) is 0 Å². The van der Waals surface area contributed by atoms with Gasteiger partial charge in [-0.3, -0.25) is 0 Å². The van der Waals surface area contributed by atoms with E-state index in [1.54, 1.807) is 0 Å². The normalized spacial score (nSPS) is 16.8. The standard InChI is InChI=1S/C11H15AsN2OS2/c13-8-11(15)14-10-4-2-9(3-5-10)12-16-6-1-7-17-12/h2-5H,1,6-8,13H2,(H,14,15). The number of carbonyl (C=O) groups excluding carboxylic acids is 1. The number of carbonyl (C=O) groups is 1. The summed E-state index contributed by atoms with van der Waals surface area (Å²) < 4.78 is 1.47. The second kappa shape index (κ2) is 6.74. The van der Waals surface area contributed by atoms with Gasteiger partial charge in [-0.2, -0.15) is 0 Å². The summed E-state index contributed by atoms with van der Waals surface area (Å²) in [5, 5.41) is 2.76. The van der Waals surface area contributed by atoms with Gasteiger partial charge in [-0.25, -0.2) is 0 Å². The first-order valence-corrected chi connectivity index (χ1v) is 12.9. The van der Waals surface area contributed by atoms with Crippen LogP contribution >= 0.6 is 20.0 Å². The van der Waals surface area contributed by atoms with Crippen LogP contribution < -0.4 is 15.4 Å². The Balaban J connectivity index is 1.99. The molecule has 0 aromatic heterocycles. The van der Waals surface area contributed by atoms with Crippen molar-refractivity contribution < 1.29 is 4.79 Å². The van der Waals surface area contributed by atoms with Gasteiger partial charge < -0.3 is 0 Å². The summed E-state index contributed by atoms with van der Waals surface area (Å²) in [7, 11) is 4.28. The van der Waals surface area contributed by atoms with Crippen LogP contribution in [0.1, 0.15) is 6.42 Å². The van der Waals surface area contributed by atoms with Gasteiger partial charge in [0.1, 0.15) is 0 Å². The molecule has 2 rings (SSSR count). The van der Waals surface area contributed by atoms with E-state index in [0.717, 1.165) is 5.69 Å². The zero-order chi connectivity index (χ0) is 12.1. The second-order valence-electron chi connectivity index (χ2n) is 3.58. The molecule has 1 heterocycles. The molecule has 6 heteroatoms. The molecule has 1 aliphatic heterocycles. The molecule has 92 valence electrons. The van der Waals surface area contributed by atoms with Crippen molar-refractivity contribution in [3.63, 3.8) is 0 Å². The molecule has 1 aromatic carbocycles. The third-order valence-electron chi connectivity index (χ3n) is 2.25. The van der Waals surface area contributed by atoms with Crippen molar-refractivity contribution in [3.05, 3.63) is 24.3 Å². The van der Waals surface area contributed by atoms with Gasteiger partial charge in [-0.1, -0.05) is 0 Å². The first kappa shape index (κ1) is 13.3. The molecule has 0 atom stereocenters. The maximum absolute atomic E-state index is 11.1. The Bertz CT molecular complexity index is 380. The van der Waals surface area contributed by atoms with Crippen molar-refractivity contribution in [2.75, 3.05) is 23.4 Å². The van der Waals surface area contributed by atoms with Gasteiger partial charge in [0.05, 0.1) is 0 Å². The van der Waals surface area contributed by atoms with Gasteiger partial charge in [0.15, 0.2) is 0 Å². The Morgan fingerprint density at radius 2 is 1.94 bits per heavy atom. The number of benzene rings is 1. The predicted octanol–water partition coefficient (Wildman–Crippen LogP) is 1.15. The van der Waals surface area contributed by atoms with E-state index in [0.29, 0.717) is 0 Å². The molecule has 1 fully saturated rings. The Morgan fingerprint density at radius 1 is 1.29 bits per heavy atom. The Morgan fingerprint density at radius 3 is 2.53 bits per heavy atom. The molecule has 0 bridgehead atoms. The fraction of sp³-hybridized carbons (Fsp3) is 0.364. The van der Waals surface area contributed by atoms with Crippen molar-refractivity contribution in [2.24, 2.45) is 5.73 Å². The second-order valence-corrected chi connectivity index (χ2v) is 15.3. The van der Waals surface area contributed by atoms with Crippen molar-refractivity contribution in [3.8, 4) is 0 Å². The Hall–Kier alpha value is -0.0916. The molecule has 0 radical (unpaired) electrons. The van der Waals surface area contributed by atoms with Crippen LogP contribution in [-0.2, 0) is 4.79 Å². The number of nitrogens with one attached hydrogen (secondary N) is 1. The molecule has 0 aliphatic carbocycles. The van der Waals surface area contributed by atoms with Crippen LogP contribution in [0.4, 0.5) is 5.69 Å². The summed E-state index contributed by atoms with van der Waals surface area (Å²) in [6.45, 7) is 0.0330. The molecule has 1 aromatic rings. The number of rotatable bonds is 3. The van der Waals surface area contributed by atoms with E-state index in [9.17, 15) is 4.79 Å². The number of anilines is 1. The van der Waals surface area contributed by atoms with E-state index in [1.807, 2.05) is 12.1 Å². The van der Waals surface area contributed by atoms with Gasteiger partial charge in [-0.15, -0.1) is 0 Å². The fourth-order valence-electron chi connectivity index (χ4n) is 1.42. The van der Waals surface area contributed by atoms with E-state index in [-0.39, 0.29) is 12.5 Å². The van der Waals surface area contributed by atoms with E-state index < -0.39 is 12.3 Å². The molecule has 0 spiro atoms. The molecule has 1 aliphatic rings. The first-order chi connectivity index (χ1) is 8.29. The molecular weight excluding hydrogens is 315 g/mol. The molecule has 3 N–H and O–H groups in total. The van der Waals surface area contributed by atoms with Gasteiger partial charge in [0.25, 0.3) is 0 Å². The topological polar surface area (TPSA) is 55.1 Å². The maximum atomic E-state index is 11.1. The fourth-order valence-corrected chi connectivity index (χ4v) is 14.5. The number of amides is 1. The van der Waals surface area contributed by atoms with Crippen molar-refractivity contribution in [1.29, 1.82) is 0 Å². The SMILES string of the molecule is NCC(=O)Nc1ccc([As]2SCCCS2)cc1. The summed E-state index contributed by atoms with van der Waals surface area (Å²) in [6, 6.07) is 8.26. The summed E-state index contributed by atoms with van der Waals surface area (Å²) in [6.07, 6.45) is 1.34. The van der Waals surface area contributed by atoms with Crippen LogP contribution in [0, 0.1) is 0 Å². The van der Waals surface area contributed by atoms with Gasteiger partial charge in [-0.05, 0) is 0 Å². The number of hydrogen-bond acceptors (Lipinski definition) is 4. The van der Waals surface area contributed by atoms with E-state index in [2.05, 4.69) is 37.5 Å². The monoisotopic (exact) mass is 330 g/mol. The summed E-state index contributed by atoms with van der Waals surface area (Å²) >= 11 is -0.922. The molecule has 1 amide bonds. The van der Waals surface area contributed by atoms with Crippen molar-refractivity contribution in [2.45, 2.75) is 6.42 Å². The first-order valence-electron chi connectivity index (χ1n) is 5.45. The third-order valence-corrected chi connectivity index (χ3v) is 15.9. The third kappa shape index (κ3) is 3.95. The molecule has 1 saturated heterocycles. The Labute approximate surface area is 113 Å². The molecule has 17 heavy (non-hydrogen) atoms. The van der Waals surface area contributed by atoms with Crippen LogP contribution in [0.15, 0.2) is 24.3 Å². The Kier molecular flexibility index (Phi) is 5.29. The van der Waals surface area contributed by atoms with E-state index in [4.69, 9.17) is 5.73 Å². The predicted molar refractivity (Wildman–Crippen MR) is 79.0 cm³/mol. The van der Waals surface area contributed by atoms with Crippen LogP contribution in [-0.4, -0.2) is 36.3 Å². The van der Waals surface area contributed by atoms with Crippen LogP contribution in [0.5, 0.6) is 0 Å². The molecule has 3 nitrogen and oxygen atoms in total. The number of nitrogens with two attached hydrogens (primary N) is 1. The number of hydrogen-bond donors (Lipinski definition) is 2. The molecule has 0 unspecified atom stereocenters. The van der Waals surface area contributed by atoms with Crippen molar-refractivity contribution >= 4 is 48.3 Å². The van der Waals surface area contributed by atoms with Crippen LogP contribution in [0.3, 0.4) is 0 Å². The zero-order valence-corrected chi connectivity index (χ0v) is 12.9. The van der Waals surface area contributed by atoms with Crippen LogP contribution in [0.25, 0.3) is 0 Å². The summed E-state index contributed by atoms with van der Waals surface area (Å²) in [5.41, 5.74) is 6.09. The molecular formula is C11H15AsN2OS2. The van der Waals surface area contributed by atoms with Gasteiger partial charge in [0, 0.05) is 0 Å². The van der Waals surface area contributed by atoms with Crippen molar-refractivity contribution in [1.82, 2.24) is 0 Å².